The van der Waals surface area contributed by atoms with Crippen molar-refractivity contribution in [2.45, 2.75) is 38.0 Å². The number of rotatable bonds is 3. The van der Waals surface area contributed by atoms with Crippen LogP contribution in [0.3, 0.4) is 0 Å². The standard InChI is InChI=1S/C18H19ClN2O/c1-13-7-10-20-12-16(13)21-17(22)18(8-2-3-9-18)14-5-4-6-15(19)11-14/h4-7,10-12H,2-3,8-9H2,1H3,(H,21,22). The van der Waals surface area contributed by atoms with Crippen LogP contribution in [0.5, 0.6) is 0 Å². The molecule has 0 aliphatic heterocycles. The largest absolute Gasteiger partial charge is 0.324 e. The zero-order valence-corrected chi connectivity index (χ0v) is 13.4. The van der Waals surface area contributed by atoms with Crippen LogP contribution < -0.4 is 5.32 Å². The molecule has 22 heavy (non-hydrogen) atoms. The van der Waals surface area contributed by atoms with E-state index >= 15 is 0 Å². The van der Waals surface area contributed by atoms with E-state index in [1.165, 1.54) is 0 Å². The fourth-order valence-corrected chi connectivity index (χ4v) is 3.44. The number of carbonyl (C=O) groups is 1. The molecule has 0 radical (unpaired) electrons. The van der Waals surface area contributed by atoms with Gasteiger partial charge in [0.05, 0.1) is 17.3 Å². The highest BCUT2D eigenvalue weighted by Crippen LogP contribution is 2.42. The molecule has 0 spiro atoms. The van der Waals surface area contributed by atoms with E-state index < -0.39 is 5.41 Å². The van der Waals surface area contributed by atoms with Crippen molar-refractivity contribution >= 4 is 23.2 Å². The van der Waals surface area contributed by atoms with Gasteiger partial charge in [-0.25, -0.2) is 0 Å². The molecule has 2 aromatic rings. The lowest BCUT2D eigenvalue weighted by molar-refractivity contribution is -0.121. The van der Waals surface area contributed by atoms with Gasteiger partial charge in [0.1, 0.15) is 0 Å². The van der Waals surface area contributed by atoms with Crippen LogP contribution in [0.1, 0.15) is 36.8 Å². The maximum atomic E-state index is 13.0. The Morgan fingerprint density at radius 1 is 1.27 bits per heavy atom. The van der Waals surface area contributed by atoms with Crippen molar-refractivity contribution in [3.8, 4) is 0 Å². The monoisotopic (exact) mass is 314 g/mol. The lowest BCUT2D eigenvalue weighted by Gasteiger charge is -2.28. The molecule has 1 N–H and O–H groups in total. The number of hydrogen-bond acceptors (Lipinski definition) is 2. The molecule has 3 nitrogen and oxygen atoms in total. The first-order valence-corrected chi connectivity index (χ1v) is 7.98. The summed E-state index contributed by atoms with van der Waals surface area (Å²) in [6.07, 6.45) is 7.27. The molecule has 1 aliphatic rings. The lowest BCUT2D eigenvalue weighted by atomic mass is 9.78. The van der Waals surface area contributed by atoms with Gasteiger partial charge in [-0.1, -0.05) is 36.6 Å². The highest BCUT2D eigenvalue weighted by atomic mass is 35.5. The van der Waals surface area contributed by atoms with Crippen LogP contribution >= 0.6 is 11.6 Å². The second kappa shape index (κ2) is 6.09. The molecular formula is C18H19ClN2O. The summed E-state index contributed by atoms with van der Waals surface area (Å²) in [6, 6.07) is 9.59. The molecule has 0 bridgehead atoms. The number of carbonyl (C=O) groups excluding carboxylic acids is 1. The first-order valence-electron chi connectivity index (χ1n) is 7.60. The third kappa shape index (κ3) is 2.73. The number of benzene rings is 1. The molecule has 4 heteroatoms. The highest BCUT2D eigenvalue weighted by molar-refractivity contribution is 6.30. The maximum Gasteiger partial charge on any atom is 0.235 e. The van der Waals surface area contributed by atoms with Crippen LogP contribution in [0.2, 0.25) is 5.02 Å². The normalized spacial score (nSPS) is 16.5. The summed E-state index contributed by atoms with van der Waals surface area (Å²) < 4.78 is 0. The van der Waals surface area contributed by atoms with Crippen LogP contribution in [-0.2, 0) is 10.2 Å². The van der Waals surface area contributed by atoms with Gasteiger partial charge in [-0.3, -0.25) is 9.78 Å². The zero-order chi connectivity index (χ0) is 15.6. The van der Waals surface area contributed by atoms with E-state index in [1.807, 2.05) is 37.3 Å². The Morgan fingerprint density at radius 3 is 2.73 bits per heavy atom. The predicted octanol–water partition coefficient (Wildman–Crippen LogP) is 4.49. The minimum absolute atomic E-state index is 0.0448. The van der Waals surface area contributed by atoms with Gasteiger partial charge in [-0.05, 0) is 49.1 Å². The second-order valence-electron chi connectivity index (χ2n) is 5.94. The van der Waals surface area contributed by atoms with E-state index in [0.29, 0.717) is 5.02 Å². The fourth-order valence-electron chi connectivity index (χ4n) is 3.25. The van der Waals surface area contributed by atoms with E-state index in [0.717, 1.165) is 42.5 Å². The molecule has 0 saturated heterocycles. The number of nitrogens with one attached hydrogen (secondary N) is 1. The van der Waals surface area contributed by atoms with Gasteiger partial charge in [0.25, 0.3) is 0 Å². The third-order valence-corrected chi connectivity index (χ3v) is 4.79. The number of aryl methyl sites for hydroxylation is 1. The Morgan fingerprint density at radius 2 is 2.05 bits per heavy atom. The van der Waals surface area contributed by atoms with Crippen LogP contribution in [-0.4, -0.2) is 10.9 Å². The molecule has 3 rings (SSSR count). The molecular weight excluding hydrogens is 296 g/mol. The van der Waals surface area contributed by atoms with E-state index in [4.69, 9.17) is 11.6 Å². The van der Waals surface area contributed by atoms with Crippen molar-refractivity contribution < 1.29 is 4.79 Å². The first-order chi connectivity index (χ1) is 10.6. The van der Waals surface area contributed by atoms with Gasteiger partial charge in [0, 0.05) is 11.2 Å². The van der Waals surface area contributed by atoms with Gasteiger partial charge in [-0.2, -0.15) is 0 Å². The predicted molar refractivity (Wildman–Crippen MR) is 89.2 cm³/mol. The highest BCUT2D eigenvalue weighted by Gasteiger charge is 2.42. The maximum absolute atomic E-state index is 13.0. The van der Waals surface area contributed by atoms with E-state index in [2.05, 4.69) is 10.3 Å². The van der Waals surface area contributed by atoms with Gasteiger partial charge in [0.15, 0.2) is 0 Å². The molecule has 1 amide bonds. The summed E-state index contributed by atoms with van der Waals surface area (Å²) >= 11 is 6.13. The molecule has 1 aromatic carbocycles. The lowest BCUT2D eigenvalue weighted by Crippen LogP contribution is -2.38. The van der Waals surface area contributed by atoms with Crippen LogP contribution in [0.15, 0.2) is 42.7 Å². The Kier molecular flexibility index (Phi) is 4.16. The molecule has 1 aromatic heterocycles. The molecule has 114 valence electrons. The molecule has 1 saturated carbocycles. The number of pyridine rings is 1. The molecule has 1 heterocycles. The SMILES string of the molecule is Cc1ccncc1NC(=O)C1(c2cccc(Cl)c2)CCCC1. The van der Waals surface area contributed by atoms with Gasteiger partial charge in [-0.15, -0.1) is 0 Å². The van der Waals surface area contributed by atoms with Crippen LogP contribution in [0, 0.1) is 6.92 Å². The van der Waals surface area contributed by atoms with E-state index in [9.17, 15) is 4.79 Å². The fraction of sp³-hybridized carbons (Fsp3) is 0.333. The Hall–Kier alpha value is -1.87. The number of hydrogen-bond donors (Lipinski definition) is 1. The summed E-state index contributed by atoms with van der Waals surface area (Å²) in [5.41, 5.74) is 2.33. The minimum Gasteiger partial charge on any atom is -0.324 e. The van der Waals surface area contributed by atoms with E-state index in [-0.39, 0.29) is 5.91 Å². The molecule has 0 atom stereocenters. The van der Waals surface area contributed by atoms with Crippen LogP contribution in [0.25, 0.3) is 0 Å². The van der Waals surface area contributed by atoms with Crippen molar-refractivity contribution in [2.75, 3.05) is 5.32 Å². The number of anilines is 1. The van der Waals surface area contributed by atoms with Crippen LogP contribution in [0.4, 0.5) is 5.69 Å². The Bertz CT molecular complexity index is 693. The molecule has 0 unspecified atom stereocenters. The van der Waals surface area contributed by atoms with Gasteiger partial charge in [0.2, 0.25) is 5.91 Å². The minimum atomic E-state index is -0.479. The Labute approximate surface area is 135 Å². The van der Waals surface area contributed by atoms with Gasteiger partial charge < -0.3 is 5.32 Å². The third-order valence-electron chi connectivity index (χ3n) is 4.56. The summed E-state index contributed by atoms with van der Waals surface area (Å²) in [7, 11) is 0. The van der Waals surface area contributed by atoms with Crippen molar-refractivity contribution in [1.82, 2.24) is 4.98 Å². The number of halogens is 1. The quantitative estimate of drug-likeness (QED) is 0.906. The number of aromatic nitrogens is 1. The smallest absolute Gasteiger partial charge is 0.235 e. The van der Waals surface area contributed by atoms with Crippen molar-refractivity contribution in [3.63, 3.8) is 0 Å². The number of amides is 1. The summed E-state index contributed by atoms with van der Waals surface area (Å²) in [6.45, 7) is 1.97. The Balaban J connectivity index is 1.94. The molecule has 1 fully saturated rings. The number of nitrogens with zero attached hydrogens (tertiary/aromatic N) is 1. The van der Waals surface area contributed by atoms with Crippen molar-refractivity contribution in [3.05, 3.63) is 58.9 Å². The van der Waals surface area contributed by atoms with Crippen molar-refractivity contribution in [1.29, 1.82) is 0 Å². The first kappa shape index (κ1) is 15.0. The van der Waals surface area contributed by atoms with Crippen molar-refractivity contribution in [2.24, 2.45) is 0 Å². The average Bonchev–Trinajstić information content (AvgIpc) is 3.00. The average molecular weight is 315 g/mol. The summed E-state index contributed by atoms with van der Waals surface area (Å²) in [5, 5.41) is 3.74. The summed E-state index contributed by atoms with van der Waals surface area (Å²) in [5.74, 6) is 0.0448. The summed E-state index contributed by atoms with van der Waals surface area (Å²) in [4.78, 5) is 17.1. The molecule has 1 aliphatic carbocycles. The topological polar surface area (TPSA) is 42.0 Å². The van der Waals surface area contributed by atoms with Gasteiger partial charge >= 0.3 is 0 Å². The second-order valence-corrected chi connectivity index (χ2v) is 6.38. The van der Waals surface area contributed by atoms with E-state index in [1.54, 1.807) is 12.4 Å². The zero-order valence-electron chi connectivity index (χ0n) is 12.6.